The molecule has 1 fully saturated rings. The molecule has 1 unspecified atom stereocenters. The van der Waals surface area contributed by atoms with Crippen LogP contribution >= 0.6 is 0 Å². The molecule has 1 amide bonds. The maximum atomic E-state index is 12.8. The first-order valence-corrected chi connectivity index (χ1v) is 9.95. The highest BCUT2D eigenvalue weighted by molar-refractivity contribution is 5.83. The largest absolute Gasteiger partial charge is 0.360 e. The van der Waals surface area contributed by atoms with Gasteiger partial charge in [-0.3, -0.25) is 4.79 Å². The zero-order valence-electron chi connectivity index (χ0n) is 15.7. The van der Waals surface area contributed by atoms with E-state index in [2.05, 4.69) is 46.9 Å². The summed E-state index contributed by atoms with van der Waals surface area (Å²) in [6.07, 6.45) is 2.73. The van der Waals surface area contributed by atoms with E-state index in [0.29, 0.717) is 13.1 Å². The number of fused-ring (bicyclic) bond motifs is 1. The van der Waals surface area contributed by atoms with Gasteiger partial charge in [0.2, 0.25) is 5.91 Å². The Kier molecular flexibility index (Phi) is 4.45. The van der Waals surface area contributed by atoms with Gasteiger partial charge in [0, 0.05) is 24.1 Å². The van der Waals surface area contributed by atoms with Gasteiger partial charge in [0.05, 0.1) is 12.6 Å². The SMILES string of the molecule is O=C(C1CCCN1)N1CCc2onc(-c3ccc(-c4ccccc4)cc3)c2C1. The lowest BCUT2D eigenvalue weighted by atomic mass is 9.98. The van der Waals surface area contributed by atoms with Crippen molar-refractivity contribution in [2.24, 2.45) is 0 Å². The first-order valence-electron chi connectivity index (χ1n) is 9.95. The normalized spacial score (nSPS) is 18.9. The van der Waals surface area contributed by atoms with Crippen molar-refractivity contribution in [2.75, 3.05) is 13.1 Å². The number of rotatable bonds is 3. The fraction of sp³-hybridized carbons (Fsp3) is 0.304. The molecular formula is C23H23N3O2. The summed E-state index contributed by atoms with van der Waals surface area (Å²) in [6, 6.07) is 18.7. The molecular weight excluding hydrogens is 350 g/mol. The lowest BCUT2D eigenvalue weighted by Gasteiger charge is -2.28. The number of hydrogen-bond donors (Lipinski definition) is 1. The van der Waals surface area contributed by atoms with Crippen LogP contribution < -0.4 is 5.32 Å². The molecule has 5 heteroatoms. The minimum absolute atomic E-state index is 0.0324. The van der Waals surface area contributed by atoms with Gasteiger partial charge in [-0.2, -0.15) is 0 Å². The van der Waals surface area contributed by atoms with E-state index in [1.807, 2.05) is 23.1 Å². The fourth-order valence-electron chi connectivity index (χ4n) is 4.19. The van der Waals surface area contributed by atoms with Gasteiger partial charge in [0.1, 0.15) is 11.5 Å². The Morgan fingerprint density at radius 2 is 1.79 bits per heavy atom. The van der Waals surface area contributed by atoms with Crippen molar-refractivity contribution in [1.29, 1.82) is 0 Å². The molecule has 1 aromatic heterocycles. The van der Waals surface area contributed by atoms with E-state index in [-0.39, 0.29) is 11.9 Å². The van der Waals surface area contributed by atoms with Crippen LogP contribution in [0.3, 0.4) is 0 Å². The molecule has 5 nitrogen and oxygen atoms in total. The van der Waals surface area contributed by atoms with Crippen LogP contribution in [0, 0.1) is 0 Å². The molecule has 2 aliphatic heterocycles. The second kappa shape index (κ2) is 7.24. The predicted molar refractivity (Wildman–Crippen MR) is 108 cm³/mol. The predicted octanol–water partition coefficient (Wildman–Crippen LogP) is 3.65. The molecule has 1 saturated heterocycles. The maximum absolute atomic E-state index is 12.8. The fourth-order valence-corrected chi connectivity index (χ4v) is 4.19. The first-order chi connectivity index (χ1) is 13.8. The molecule has 5 rings (SSSR count). The number of hydrogen-bond acceptors (Lipinski definition) is 4. The van der Waals surface area contributed by atoms with E-state index in [1.165, 1.54) is 11.1 Å². The van der Waals surface area contributed by atoms with E-state index in [4.69, 9.17) is 4.52 Å². The summed E-state index contributed by atoms with van der Waals surface area (Å²) in [4.78, 5) is 14.7. The van der Waals surface area contributed by atoms with E-state index in [9.17, 15) is 4.79 Å². The van der Waals surface area contributed by atoms with Crippen molar-refractivity contribution >= 4 is 5.91 Å². The topological polar surface area (TPSA) is 58.4 Å². The Balaban J connectivity index is 1.39. The maximum Gasteiger partial charge on any atom is 0.240 e. The van der Waals surface area contributed by atoms with Crippen LogP contribution in [0.25, 0.3) is 22.4 Å². The Hall–Kier alpha value is -2.92. The summed E-state index contributed by atoms with van der Waals surface area (Å²) < 4.78 is 5.61. The monoisotopic (exact) mass is 373 g/mol. The number of aromatic nitrogens is 1. The molecule has 0 saturated carbocycles. The van der Waals surface area contributed by atoms with Crippen LogP contribution in [-0.4, -0.2) is 35.1 Å². The zero-order valence-corrected chi connectivity index (χ0v) is 15.7. The lowest BCUT2D eigenvalue weighted by Crippen LogP contribution is -2.45. The van der Waals surface area contributed by atoms with Gasteiger partial charge in [0.15, 0.2) is 0 Å². The van der Waals surface area contributed by atoms with Crippen molar-refractivity contribution in [3.05, 3.63) is 65.9 Å². The third-order valence-electron chi connectivity index (χ3n) is 5.76. The van der Waals surface area contributed by atoms with Crippen LogP contribution in [0.2, 0.25) is 0 Å². The molecule has 142 valence electrons. The van der Waals surface area contributed by atoms with Gasteiger partial charge < -0.3 is 14.7 Å². The molecule has 2 aliphatic rings. The molecule has 2 aromatic carbocycles. The van der Waals surface area contributed by atoms with Crippen molar-refractivity contribution in [3.63, 3.8) is 0 Å². The van der Waals surface area contributed by atoms with Crippen molar-refractivity contribution in [1.82, 2.24) is 15.4 Å². The Morgan fingerprint density at radius 3 is 2.54 bits per heavy atom. The van der Waals surface area contributed by atoms with E-state index in [1.54, 1.807) is 0 Å². The first kappa shape index (κ1) is 17.2. The third kappa shape index (κ3) is 3.12. The van der Waals surface area contributed by atoms with Gasteiger partial charge in [-0.05, 0) is 30.5 Å². The van der Waals surface area contributed by atoms with E-state index < -0.39 is 0 Å². The van der Waals surface area contributed by atoms with Crippen LogP contribution in [0.15, 0.2) is 59.1 Å². The second-order valence-corrected chi connectivity index (χ2v) is 7.54. The van der Waals surface area contributed by atoms with Crippen LogP contribution in [0.5, 0.6) is 0 Å². The minimum atomic E-state index is -0.0324. The van der Waals surface area contributed by atoms with Crippen molar-refractivity contribution in [2.45, 2.75) is 31.8 Å². The number of amides is 1. The molecule has 0 bridgehead atoms. The molecule has 1 atom stereocenters. The van der Waals surface area contributed by atoms with Gasteiger partial charge in [-0.1, -0.05) is 59.8 Å². The molecule has 3 heterocycles. The summed E-state index contributed by atoms with van der Waals surface area (Å²) in [6.45, 7) is 2.21. The summed E-state index contributed by atoms with van der Waals surface area (Å²) >= 11 is 0. The average Bonchev–Trinajstić information content (AvgIpc) is 3.44. The summed E-state index contributed by atoms with van der Waals surface area (Å²) in [7, 11) is 0. The highest BCUT2D eigenvalue weighted by Gasteiger charge is 2.32. The van der Waals surface area contributed by atoms with Crippen LogP contribution in [0.1, 0.15) is 24.2 Å². The van der Waals surface area contributed by atoms with Crippen LogP contribution in [-0.2, 0) is 17.8 Å². The Bertz CT molecular complexity index is 973. The second-order valence-electron chi connectivity index (χ2n) is 7.54. The van der Waals surface area contributed by atoms with Gasteiger partial charge in [-0.25, -0.2) is 0 Å². The Morgan fingerprint density at radius 1 is 1.04 bits per heavy atom. The number of benzene rings is 2. The molecule has 0 radical (unpaired) electrons. The minimum Gasteiger partial charge on any atom is -0.360 e. The Labute approximate surface area is 164 Å². The molecule has 0 aliphatic carbocycles. The van der Waals surface area contributed by atoms with Gasteiger partial charge >= 0.3 is 0 Å². The summed E-state index contributed by atoms with van der Waals surface area (Å²) in [5.74, 6) is 1.11. The highest BCUT2D eigenvalue weighted by atomic mass is 16.5. The number of carbonyl (C=O) groups excluding carboxylic acids is 1. The third-order valence-corrected chi connectivity index (χ3v) is 5.76. The number of nitrogens with one attached hydrogen (secondary N) is 1. The lowest BCUT2D eigenvalue weighted by molar-refractivity contribution is -0.134. The van der Waals surface area contributed by atoms with Crippen molar-refractivity contribution in [3.8, 4) is 22.4 Å². The van der Waals surface area contributed by atoms with E-state index in [0.717, 1.165) is 48.4 Å². The van der Waals surface area contributed by atoms with Gasteiger partial charge in [0.25, 0.3) is 0 Å². The molecule has 3 aromatic rings. The molecule has 1 N–H and O–H groups in total. The molecule has 28 heavy (non-hydrogen) atoms. The zero-order chi connectivity index (χ0) is 18.9. The number of carbonyl (C=O) groups is 1. The number of nitrogens with zero attached hydrogens (tertiary/aromatic N) is 2. The quantitative estimate of drug-likeness (QED) is 0.761. The standard InChI is InChI=1S/C23H23N3O2/c27-23(20-7-4-13-24-20)26-14-12-21-19(15-26)22(25-28-21)18-10-8-17(9-11-18)16-5-2-1-3-6-16/h1-3,5-6,8-11,20,24H,4,7,12-15H2. The van der Waals surface area contributed by atoms with Crippen molar-refractivity contribution < 1.29 is 9.32 Å². The summed E-state index contributed by atoms with van der Waals surface area (Å²) in [5, 5.41) is 7.64. The van der Waals surface area contributed by atoms with Crippen LogP contribution in [0.4, 0.5) is 0 Å². The highest BCUT2D eigenvalue weighted by Crippen LogP contribution is 2.32. The average molecular weight is 373 g/mol. The van der Waals surface area contributed by atoms with E-state index >= 15 is 0 Å². The summed E-state index contributed by atoms with van der Waals surface area (Å²) in [5.41, 5.74) is 5.29. The van der Waals surface area contributed by atoms with Gasteiger partial charge in [-0.15, -0.1) is 0 Å². The smallest absolute Gasteiger partial charge is 0.240 e. The molecule has 0 spiro atoms.